The number of carbonyl (C=O) groups excluding carboxylic acids is 2. The molecule has 0 saturated carbocycles. The molecule has 8 heteroatoms. The number of aromatic nitrogens is 2. The molecular formula is C19H23N5O3. The number of rotatable bonds is 2. The zero-order valence-electron chi connectivity index (χ0n) is 15.4. The molecule has 4 heterocycles. The summed E-state index contributed by atoms with van der Waals surface area (Å²) >= 11 is 0. The van der Waals surface area contributed by atoms with E-state index < -0.39 is 0 Å². The van der Waals surface area contributed by atoms with Crippen LogP contribution in [0.4, 0.5) is 0 Å². The lowest BCUT2D eigenvalue weighted by molar-refractivity contribution is -0.135. The summed E-state index contributed by atoms with van der Waals surface area (Å²) in [6.45, 7) is 4.75. The number of amides is 2. The van der Waals surface area contributed by atoms with Crippen LogP contribution in [0.2, 0.25) is 0 Å². The van der Waals surface area contributed by atoms with Crippen LogP contribution in [0.1, 0.15) is 28.8 Å². The fraction of sp³-hybridized carbons (Fsp3) is 0.474. The summed E-state index contributed by atoms with van der Waals surface area (Å²) in [6, 6.07) is 3.64. The van der Waals surface area contributed by atoms with Gasteiger partial charge in [0.2, 0.25) is 5.91 Å². The molecule has 1 atom stereocenters. The Morgan fingerprint density at radius 1 is 1.30 bits per heavy atom. The van der Waals surface area contributed by atoms with Crippen molar-refractivity contribution in [1.82, 2.24) is 24.5 Å². The largest absolute Gasteiger partial charge is 0.336 e. The SMILES string of the molecule is Cc1ccn2c(=O)c(C(=O)N3CCCC(N4CCNCC4=O)C3)cnc2c1. The Morgan fingerprint density at radius 2 is 2.15 bits per heavy atom. The van der Waals surface area contributed by atoms with Crippen molar-refractivity contribution in [3.05, 3.63) is 46.0 Å². The van der Waals surface area contributed by atoms with E-state index in [9.17, 15) is 14.4 Å². The highest BCUT2D eigenvalue weighted by Crippen LogP contribution is 2.18. The fourth-order valence-corrected chi connectivity index (χ4v) is 3.89. The molecule has 0 spiro atoms. The molecule has 2 saturated heterocycles. The van der Waals surface area contributed by atoms with Gasteiger partial charge < -0.3 is 15.1 Å². The molecule has 8 nitrogen and oxygen atoms in total. The maximum Gasteiger partial charge on any atom is 0.270 e. The number of likely N-dealkylation sites (tertiary alicyclic amines) is 1. The van der Waals surface area contributed by atoms with Gasteiger partial charge in [-0.2, -0.15) is 0 Å². The first-order valence-electron chi connectivity index (χ1n) is 9.32. The number of nitrogens with one attached hydrogen (secondary N) is 1. The van der Waals surface area contributed by atoms with Crippen LogP contribution in [-0.4, -0.2) is 69.8 Å². The van der Waals surface area contributed by atoms with Gasteiger partial charge in [0.25, 0.3) is 11.5 Å². The van der Waals surface area contributed by atoms with Crippen LogP contribution in [-0.2, 0) is 4.79 Å². The molecule has 2 aliphatic rings. The first-order chi connectivity index (χ1) is 13.0. The van der Waals surface area contributed by atoms with Crippen molar-refractivity contribution < 1.29 is 9.59 Å². The third-order valence-corrected chi connectivity index (χ3v) is 5.35. The molecule has 1 unspecified atom stereocenters. The predicted molar refractivity (Wildman–Crippen MR) is 99.7 cm³/mol. The molecule has 2 fully saturated rings. The standard InChI is InChI=1S/C19H23N5O3/c1-13-4-7-24-16(9-13)21-10-15(19(24)27)18(26)22-6-2-3-14(12-22)23-8-5-20-11-17(23)25/h4,7,9-10,14,20H,2-3,5-6,8,11-12H2,1H3. The minimum absolute atomic E-state index is 0.0103. The molecule has 2 aliphatic heterocycles. The second-order valence-corrected chi connectivity index (χ2v) is 7.22. The number of hydrogen-bond donors (Lipinski definition) is 1. The number of nitrogens with zero attached hydrogens (tertiary/aromatic N) is 4. The summed E-state index contributed by atoms with van der Waals surface area (Å²) in [4.78, 5) is 45.8. The van der Waals surface area contributed by atoms with Crippen LogP contribution in [0.25, 0.3) is 5.65 Å². The molecule has 142 valence electrons. The minimum Gasteiger partial charge on any atom is -0.336 e. The Kier molecular flexibility index (Phi) is 4.65. The molecule has 0 aromatic carbocycles. The number of piperidine rings is 1. The van der Waals surface area contributed by atoms with E-state index in [4.69, 9.17) is 0 Å². The van der Waals surface area contributed by atoms with Gasteiger partial charge in [-0.3, -0.25) is 18.8 Å². The number of pyridine rings is 1. The molecule has 4 rings (SSSR count). The third-order valence-electron chi connectivity index (χ3n) is 5.35. The highest BCUT2D eigenvalue weighted by Gasteiger charge is 2.32. The van der Waals surface area contributed by atoms with Crippen LogP contribution in [0.3, 0.4) is 0 Å². The zero-order chi connectivity index (χ0) is 19.0. The highest BCUT2D eigenvalue weighted by atomic mass is 16.2. The maximum absolute atomic E-state index is 13.0. The second kappa shape index (κ2) is 7.11. The van der Waals surface area contributed by atoms with E-state index >= 15 is 0 Å². The van der Waals surface area contributed by atoms with E-state index in [-0.39, 0.29) is 29.0 Å². The second-order valence-electron chi connectivity index (χ2n) is 7.22. The molecule has 2 aromatic heterocycles. The molecule has 1 N–H and O–H groups in total. The van der Waals surface area contributed by atoms with E-state index in [1.165, 1.54) is 10.6 Å². The van der Waals surface area contributed by atoms with Gasteiger partial charge in [0.15, 0.2) is 0 Å². The molecule has 0 aliphatic carbocycles. The van der Waals surface area contributed by atoms with Gasteiger partial charge >= 0.3 is 0 Å². The Balaban J connectivity index is 1.58. The lowest BCUT2D eigenvalue weighted by atomic mass is 10.0. The van der Waals surface area contributed by atoms with Gasteiger partial charge in [-0.25, -0.2) is 4.98 Å². The molecule has 2 amide bonds. The first-order valence-corrected chi connectivity index (χ1v) is 9.32. The summed E-state index contributed by atoms with van der Waals surface area (Å²) in [6.07, 6.45) is 4.72. The Morgan fingerprint density at radius 3 is 2.96 bits per heavy atom. The molecule has 0 bridgehead atoms. The quantitative estimate of drug-likeness (QED) is 0.808. The van der Waals surface area contributed by atoms with Gasteiger partial charge in [0, 0.05) is 44.6 Å². The average molecular weight is 369 g/mol. The number of piperazine rings is 1. The monoisotopic (exact) mass is 369 g/mol. The molecular weight excluding hydrogens is 346 g/mol. The Bertz CT molecular complexity index is 954. The minimum atomic E-state index is -0.356. The van der Waals surface area contributed by atoms with Crippen LogP contribution < -0.4 is 10.9 Å². The number of hydrogen-bond acceptors (Lipinski definition) is 5. The van der Waals surface area contributed by atoms with Crippen molar-refractivity contribution in [2.45, 2.75) is 25.8 Å². The normalized spacial score (nSPS) is 20.9. The Hall–Kier alpha value is -2.74. The summed E-state index contributed by atoms with van der Waals surface area (Å²) < 4.78 is 1.40. The van der Waals surface area contributed by atoms with E-state index in [1.54, 1.807) is 11.1 Å². The van der Waals surface area contributed by atoms with Crippen LogP contribution in [0.15, 0.2) is 29.3 Å². The molecule has 27 heavy (non-hydrogen) atoms. The molecule has 0 radical (unpaired) electrons. The van der Waals surface area contributed by atoms with Crippen molar-refractivity contribution in [3.63, 3.8) is 0 Å². The highest BCUT2D eigenvalue weighted by molar-refractivity contribution is 5.94. The van der Waals surface area contributed by atoms with Gasteiger partial charge in [-0.05, 0) is 37.5 Å². The number of fused-ring (bicyclic) bond motifs is 1. The van der Waals surface area contributed by atoms with E-state index in [2.05, 4.69) is 10.3 Å². The van der Waals surface area contributed by atoms with Crippen LogP contribution >= 0.6 is 0 Å². The number of aryl methyl sites for hydroxylation is 1. The van der Waals surface area contributed by atoms with Gasteiger partial charge in [-0.15, -0.1) is 0 Å². The summed E-state index contributed by atoms with van der Waals surface area (Å²) in [5.41, 5.74) is 1.24. The lowest BCUT2D eigenvalue weighted by Gasteiger charge is -2.41. The lowest BCUT2D eigenvalue weighted by Crippen LogP contribution is -2.57. The third kappa shape index (κ3) is 3.32. The van der Waals surface area contributed by atoms with E-state index in [0.717, 1.165) is 24.9 Å². The van der Waals surface area contributed by atoms with Crippen molar-refractivity contribution in [2.75, 3.05) is 32.7 Å². The first kappa shape index (κ1) is 17.7. The predicted octanol–water partition coefficient (Wildman–Crippen LogP) is 0.0393. The average Bonchev–Trinajstić information content (AvgIpc) is 2.68. The summed E-state index contributed by atoms with van der Waals surface area (Å²) in [5, 5.41) is 3.07. The molecule has 2 aromatic rings. The topological polar surface area (TPSA) is 87.0 Å². The summed E-state index contributed by atoms with van der Waals surface area (Å²) in [5.74, 6) is -0.238. The maximum atomic E-state index is 13.0. The fourth-order valence-electron chi connectivity index (χ4n) is 3.89. The smallest absolute Gasteiger partial charge is 0.270 e. The van der Waals surface area contributed by atoms with E-state index in [0.29, 0.717) is 31.8 Å². The van der Waals surface area contributed by atoms with Crippen molar-refractivity contribution in [3.8, 4) is 0 Å². The van der Waals surface area contributed by atoms with Crippen LogP contribution in [0.5, 0.6) is 0 Å². The Labute approximate surface area is 156 Å². The van der Waals surface area contributed by atoms with Crippen LogP contribution in [0, 0.1) is 6.92 Å². The van der Waals surface area contributed by atoms with Crippen molar-refractivity contribution >= 4 is 17.5 Å². The van der Waals surface area contributed by atoms with E-state index in [1.807, 2.05) is 24.0 Å². The van der Waals surface area contributed by atoms with Gasteiger partial charge in [0.05, 0.1) is 6.54 Å². The zero-order valence-corrected chi connectivity index (χ0v) is 15.4. The van der Waals surface area contributed by atoms with Crippen molar-refractivity contribution in [1.29, 1.82) is 0 Å². The van der Waals surface area contributed by atoms with Gasteiger partial charge in [0.1, 0.15) is 11.2 Å². The van der Waals surface area contributed by atoms with Gasteiger partial charge in [-0.1, -0.05) is 0 Å². The summed E-state index contributed by atoms with van der Waals surface area (Å²) in [7, 11) is 0. The van der Waals surface area contributed by atoms with Crippen molar-refractivity contribution in [2.24, 2.45) is 0 Å². The number of carbonyl (C=O) groups is 2.